The zero-order chi connectivity index (χ0) is 17.6. The molecule has 132 valence electrons. The van der Waals surface area contributed by atoms with E-state index in [4.69, 9.17) is 0 Å². The highest BCUT2D eigenvalue weighted by molar-refractivity contribution is 5.94. The van der Waals surface area contributed by atoms with Crippen molar-refractivity contribution >= 4 is 17.6 Å². The largest absolute Gasteiger partial charge is 0.357 e. The third-order valence-electron chi connectivity index (χ3n) is 4.14. The molecule has 2 aromatic rings. The summed E-state index contributed by atoms with van der Waals surface area (Å²) in [7, 11) is 1.89. The Morgan fingerprint density at radius 1 is 1.40 bits per heavy atom. The van der Waals surface area contributed by atoms with Gasteiger partial charge in [-0.3, -0.25) is 9.48 Å². The molecule has 1 unspecified atom stereocenters. The molecule has 1 amide bonds. The van der Waals surface area contributed by atoms with E-state index in [1.165, 1.54) is 0 Å². The fraction of sp³-hybridized carbons (Fsp3) is 0.389. The number of benzene rings is 1. The number of amides is 1. The maximum atomic E-state index is 11.9. The molecular weight excluding hydrogens is 316 g/mol. The van der Waals surface area contributed by atoms with Crippen LogP contribution in [0.1, 0.15) is 30.4 Å². The summed E-state index contributed by atoms with van der Waals surface area (Å²) < 4.78 is 1.77. The van der Waals surface area contributed by atoms with Crippen LogP contribution in [0.25, 0.3) is 0 Å². The Morgan fingerprint density at radius 3 is 3.00 bits per heavy atom. The first-order valence-corrected chi connectivity index (χ1v) is 8.54. The molecule has 0 bridgehead atoms. The second kappa shape index (κ2) is 7.83. The average Bonchev–Trinajstić information content (AvgIpc) is 3.02. The van der Waals surface area contributed by atoms with Gasteiger partial charge in [-0.1, -0.05) is 18.2 Å². The second-order valence-corrected chi connectivity index (χ2v) is 6.13. The van der Waals surface area contributed by atoms with E-state index >= 15 is 0 Å². The number of anilines is 1. The summed E-state index contributed by atoms with van der Waals surface area (Å²) in [6.07, 6.45) is 4.25. The van der Waals surface area contributed by atoms with Gasteiger partial charge in [0.05, 0.1) is 12.7 Å². The number of carbonyl (C=O) groups is 1. The van der Waals surface area contributed by atoms with Gasteiger partial charge >= 0.3 is 0 Å². The number of carbonyl (C=O) groups excluding carboxylic acids is 1. The molecule has 2 heterocycles. The minimum absolute atomic E-state index is 0.0581. The van der Waals surface area contributed by atoms with Crippen molar-refractivity contribution in [3.05, 3.63) is 47.8 Å². The Kier molecular flexibility index (Phi) is 5.33. The minimum atomic E-state index is 0.0581. The fourth-order valence-electron chi connectivity index (χ4n) is 2.97. The third-order valence-corrected chi connectivity index (χ3v) is 4.14. The summed E-state index contributed by atoms with van der Waals surface area (Å²) in [6.45, 7) is 4.03. The van der Waals surface area contributed by atoms with Crippen LogP contribution in [-0.4, -0.2) is 34.7 Å². The maximum Gasteiger partial charge on any atom is 0.225 e. The van der Waals surface area contributed by atoms with Crippen molar-refractivity contribution < 1.29 is 4.79 Å². The Hall–Kier alpha value is -2.83. The van der Waals surface area contributed by atoms with Gasteiger partial charge in [-0.05, 0) is 18.6 Å². The second-order valence-electron chi connectivity index (χ2n) is 6.13. The van der Waals surface area contributed by atoms with Gasteiger partial charge in [-0.2, -0.15) is 5.10 Å². The zero-order valence-corrected chi connectivity index (χ0v) is 14.6. The number of aliphatic imine (C=N–C) groups is 1. The topological polar surface area (TPSA) is 83.3 Å². The molecule has 0 spiro atoms. The normalized spacial score (nSPS) is 17.0. The summed E-state index contributed by atoms with van der Waals surface area (Å²) in [5.74, 6) is 0.935. The highest BCUT2D eigenvalue weighted by Gasteiger charge is 2.24. The smallest absolute Gasteiger partial charge is 0.225 e. The van der Waals surface area contributed by atoms with Gasteiger partial charge in [0.15, 0.2) is 5.96 Å². The van der Waals surface area contributed by atoms with Crippen molar-refractivity contribution in [2.24, 2.45) is 12.0 Å². The standard InChI is InChI=1S/C18H24N6O/c1-3-19-18(20-9-13-10-22-24(2)12-13)21-11-14-8-17(25)23-16-7-5-4-6-15(14)16/h4-7,10,12,14H,3,8-9,11H2,1-2H3,(H,23,25)(H2,19,20,21). The highest BCUT2D eigenvalue weighted by Crippen LogP contribution is 2.31. The van der Waals surface area contributed by atoms with Crippen molar-refractivity contribution in [3.63, 3.8) is 0 Å². The van der Waals surface area contributed by atoms with E-state index in [1.807, 2.05) is 44.6 Å². The first-order chi connectivity index (χ1) is 12.2. The van der Waals surface area contributed by atoms with Crippen molar-refractivity contribution in [1.29, 1.82) is 0 Å². The molecule has 0 radical (unpaired) electrons. The first kappa shape index (κ1) is 17.0. The van der Waals surface area contributed by atoms with Gasteiger partial charge in [0.2, 0.25) is 5.91 Å². The molecule has 7 nitrogen and oxygen atoms in total. The van der Waals surface area contributed by atoms with Crippen LogP contribution in [0.2, 0.25) is 0 Å². The monoisotopic (exact) mass is 340 g/mol. The molecule has 1 atom stereocenters. The third kappa shape index (κ3) is 4.37. The van der Waals surface area contributed by atoms with Crippen LogP contribution in [0.15, 0.2) is 41.7 Å². The molecule has 0 saturated heterocycles. The molecule has 0 aliphatic carbocycles. The van der Waals surface area contributed by atoms with E-state index in [-0.39, 0.29) is 11.8 Å². The molecule has 1 aromatic carbocycles. The van der Waals surface area contributed by atoms with Gasteiger partial charge in [0, 0.05) is 49.9 Å². The predicted octanol–water partition coefficient (Wildman–Crippen LogP) is 1.60. The molecule has 1 aromatic heterocycles. The molecule has 25 heavy (non-hydrogen) atoms. The summed E-state index contributed by atoms with van der Waals surface area (Å²) in [5, 5.41) is 13.7. The number of aryl methyl sites for hydroxylation is 1. The molecule has 0 saturated carbocycles. The van der Waals surface area contributed by atoms with Gasteiger partial charge in [-0.15, -0.1) is 0 Å². The lowest BCUT2D eigenvalue weighted by molar-refractivity contribution is -0.116. The Labute approximate surface area is 147 Å². The quantitative estimate of drug-likeness (QED) is 0.570. The molecule has 1 aliphatic rings. The van der Waals surface area contributed by atoms with E-state index in [1.54, 1.807) is 4.68 Å². The van der Waals surface area contributed by atoms with Crippen LogP contribution >= 0.6 is 0 Å². The van der Waals surface area contributed by atoms with E-state index in [0.717, 1.165) is 29.3 Å². The Morgan fingerprint density at radius 2 is 2.24 bits per heavy atom. The number of fused-ring (bicyclic) bond motifs is 1. The number of rotatable bonds is 5. The first-order valence-electron chi connectivity index (χ1n) is 8.54. The number of hydrogen-bond acceptors (Lipinski definition) is 3. The van der Waals surface area contributed by atoms with Crippen LogP contribution in [0.3, 0.4) is 0 Å². The van der Waals surface area contributed by atoms with Gasteiger partial charge in [0.1, 0.15) is 0 Å². The van der Waals surface area contributed by atoms with Crippen LogP contribution in [0, 0.1) is 0 Å². The molecule has 3 N–H and O–H groups in total. The van der Waals surface area contributed by atoms with Crippen molar-refractivity contribution in [1.82, 2.24) is 20.4 Å². The van der Waals surface area contributed by atoms with Crippen LogP contribution in [0.4, 0.5) is 5.69 Å². The van der Waals surface area contributed by atoms with Gasteiger partial charge in [0.25, 0.3) is 0 Å². The Bertz CT molecular complexity index is 766. The van der Waals surface area contributed by atoms with E-state index in [9.17, 15) is 4.79 Å². The fourth-order valence-corrected chi connectivity index (χ4v) is 2.97. The zero-order valence-electron chi connectivity index (χ0n) is 14.6. The number of para-hydroxylation sites is 1. The maximum absolute atomic E-state index is 11.9. The molecule has 7 heteroatoms. The van der Waals surface area contributed by atoms with Gasteiger partial charge < -0.3 is 16.0 Å². The number of nitrogens with one attached hydrogen (secondary N) is 3. The average molecular weight is 340 g/mol. The number of nitrogens with zero attached hydrogens (tertiary/aromatic N) is 3. The van der Waals surface area contributed by atoms with Gasteiger partial charge in [-0.25, -0.2) is 4.99 Å². The lowest BCUT2D eigenvalue weighted by Gasteiger charge is -2.26. The predicted molar refractivity (Wildman–Crippen MR) is 98.5 cm³/mol. The highest BCUT2D eigenvalue weighted by atomic mass is 16.1. The lowest BCUT2D eigenvalue weighted by atomic mass is 9.90. The number of guanidine groups is 1. The lowest BCUT2D eigenvalue weighted by Crippen LogP contribution is -2.40. The SMILES string of the molecule is CCNC(=NCc1cnn(C)c1)NCC1CC(=O)Nc2ccccc21. The van der Waals surface area contributed by atoms with E-state index < -0.39 is 0 Å². The van der Waals surface area contributed by atoms with Crippen molar-refractivity contribution in [2.45, 2.75) is 25.8 Å². The molecule has 0 fully saturated rings. The molecule has 3 rings (SSSR count). The van der Waals surface area contributed by atoms with Crippen LogP contribution < -0.4 is 16.0 Å². The summed E-state index contributed by atoms with van der Waals surface area (Å²) in [5.41, 5.74) is 3.13. The van der Waals surface area contributed by atoms with E-state index in [0.29, 0.717) is 19.5 Å². The Balaban J connectivity index is 1.66. The summed E-state index contributed by atoms with van der Waals surface area (Å²) >= 11 is 0. The molecule has 1 aliphatic heterocycles. The minimum Gasteiger partial charge on any atom is -0.357 e. The summed E-state index contributed by atoms with van der Waals surface area (Å²) in [4.78, 5) is 16.5. The molecular formula is C18H24N6O. The van der Waals surface area contributed by atoms with E-state index in [2.05, 4.69) is 32.1 Å². The number of hydrogen-bond donors (Lipinski definition) is 3. The van der Waals surface area contributed by atoms with Crippen molar-refractivity contribution in [2.75, 3.05) is 18.4 Å². The van der Waals surface area contributed by atoms with Crippen LogP contribution in [0.5, 0.6) is 0 Å². The summed E-state index contributed by atoms with van der Waals surface area (Å²) in [6, 6.07) is 7.96. The van der Waals surface area contributed by atoms with Crippen LogP contribution in [-0.2, 0) is 18.4 Å². The number of aromatic nitrogens is 2. The van der Waals surface area contributed by atoms with Crippen molar-refractivity contribution in [3.8, 4) is 0 Å².